The van der Waals surface area contributed by atoms with Crippen LogP contribution in [-0.2, 0) is 9.53 Å². The summed E-state index contributed by atoms with van der Waals surface area (Å²) in [6.45, 7) is 0.615. The summed E-state index contributed by atoms with van der Waals surface area (Å²) in [6.07, 6.45) is 3.79. The summed E-state index contributed by atoms with van der Waals surface area (Å²) in [4.78, 5) is 23.0. The van der Waals surface area contributed by atoms with Crippen molar-refractivity contribution in [3.8, 4) is 0 Å². The lowest BCUT2D eigenvalue weighted by Gasteiger charge is -2.37. The van der Waals surface area contributed by atoms with Crippen LogP contribution in [0.4, 0.5) is 4.79 Å². The number of aliphatic hydroxyl groups is 1. The highest BCUT2D eigenvalue weighted by Gasteiger charge is 2.47. The van der Waals surface area contributed by atoms with Crippen LogP contribution in [0.25, 0.3) is 0 Å². The number of thioether (sulfide) groups is 1. The van der Waals surface area contributed by atoms with Crippen LogP contribution >= 0.6 is 21.0 Å². The zero-order valence-corrected chi connectivity index (χ0v) is 15.4. The first kappa shape index (κ1) is 18.2. The van der Waals surface area contributed by atoms with Crippen molar-refractivity contribution in [2.45, 2.75) is 60.9 Å². The van der Waals surface area contributed by atoms with Gasteiger partial charge < -0.3 is 25.6 Å². The van der Waals surface area contributed by atoms with E-state index < -0.39 is 17.2 Å². The van der Waals surface area contributed by atoms with E-state index >= 15 is 0 Å². The van der Waals surface area contributed by atoms with Gasteiger partial charge in [-0.3, -0.25) is 0 Å². The Morgan fingerprint density at radius 2 is 2.25 bits per heavy atom. The molecule has 9 heteroatoms. The zero-order chi connectivity index (χ0) is 17.3. The SMILES string of the molecule is O=C1N[C@H]2[C@H](CS[C@H]2CCC(C2CCCCO2)C(O)(P)C(=O)O)N1. The number of amides is 2. The van der Waals surface area contributed by atoms with Crippen LogP contribution in [0.3, 0.4) is 0 Å². The molecule has 4 N–H and O–H groups in total. The number of aliphatic carboxylic acids is 1. The Morgan fingerprint density at radius 3 is 2.92 bits per heavy atom. The highest BCUT2D eigenvalue weighted by molar-refractivity contribution is 8.00. The van der Waals surface area contributed by atoms with Crippen LogP contribution in [0.1, 0.15) is 32.1 Å². The number of nitrogens with one attached hydrogen (secondary N) is 2. The van der Waals surface area contributed by atoms with Gasteiger partial charge >= 0.3 is 12.0 Å². The number of hydrogen-bond donors (Lipinski definition) is 4. The molecule has 3 fully saturated rings. The Labute approximate surface area is 147 Å². The van der Waals surface area contributed by atoms with E-state index in [1.165, 1.54) is 0 Å². The maximum Gasteiger partial charge on any atom is 0.339 e. The summed E-state index contributed by atoms with van der Waals surface area (Å²) >= 11 is 1.79. The average Bonchev–Trinajstić information content (AvgIpc) is 3.08. The minimum atomic E-state index is -1.89. The molecular formula is C15H25N2O5PS. The molecule has 0 radical (unpaired) electrons. The first-order chi connectivity index (χ1) is 11.4. The fourth-order valence-electron chi connectivity index (χ4n) is 3.92. The molecule has 7 nitrogen and oxygen atoms in total. The van der Waals surface area contributed by atoms with E-state index in [4.69, 9.17) is 4.74 Å². The number of carbonyl (C=O) groups excluding carboxylic acids is 1. The minimum Gasteiger partial charge on any atom is -0.479 e. The predicted octanol–water partition coefficient (Wildman–Crippen LogP) is 0.766. The minimum absolute atomic E-state index is 0.0813. The second-order valence-electron chi connectivity index (χ2n) is 6.84. The van der Waals surface area contributed by atoms with Crippen LogP contribution < -0.4 is 10.6 Å². The third-order valence-electron chi connectivity index (χ3n) is 5.27. The Kier molecular flexibility index (Phi) is 5.59. The normalized spacial score (nSPS) is 36.3. The Hall–Kier alpha value is -0.560. The van der Waals surface area contributed by atoms with E-state index in [0.717, 1.165) is 31.4 Å². The lowest BCUT2D eigenvalue weighted by atomic mass is 9.85. The number of urea groups is 1. The molecule has 3 aliphatic heterocycles. The number of carbonyl (C=O) groups is 2. The molecule has 3 heterocycles. The second kappa shape index (κ2) is 7.36. The monoisotopic (exact) mass is 376 g/mol. The van der Waals surface area contributed by atoms with Crippen molar-refractivity contribution in [3.05, 3.63) is 0 Å². The molecular weight excluding hydrogens is 351 g/mol. The first-order valence-corrected chi connectivity index (χ1v) is 10.1. The predicted molar refractivity (Wildman–Crippen MR) is 94.1 cm³/mol. The van der Waals surface area contributed by atoms with E-state index in [1.807, 2.05) is 0 Å². The van der Waals surface area contributed by atoms with Gasteiger partial charge in [0.1, 0.15) is 0 Å². The van der Waals surface area contributed by atoms with Gasteiger partial charge in [-0.15, -0.1) is 0 Å². The second-order valence-corrected chi connectivity index (χ2v) is 8.99. The van der Waals surface area contributed by atoms with Crippen molar-refractivity contribution >= 4 is 33.0 Å². The molecule has 4 unspecified atom stereocenters. The number of hydrogen-bond acceptors (Lipinski definition) is 5. The van der Waals surface area contributed by atoms with Crippen LogP contribution in [0.5, 0.6) is 0 Å². The number of rotatable bonds is 6. The number of ether oxygens (including phenoxy) is 1. The number of fused-ring (bicyclic) bond motifs is 1. The van der Waals surface area contributed by atoms with Crippen LogP contribution in [0, 0.1) is 5.92 Å². The summed E-state index contributed by atoms with van der Waals surface area (Å²) in [5.74, 6) is -0.854. The number of carboxylic acids is 1. The lowest BCUT2D eigenvalue weighted by molar-refractivity contribution is -0.160. The third kappa shape index (κ3) is 3.66. The van der Waals surface area contributed by atoms with Gasteiger partial charge in [0.25, 0.3) is 0 Å². The highest BCUT2D eigenvalue weighted by Crippen LogP contribution is 2.40. The molecule has 3 rings (SSSR count). The molecule has 0 aliphatic carbocycles. The van der Waals surface area contributed by atoms with Crippen LogP contribution in [0.15, 0.2) is 0 Å². The van der Waals surface area contributed by atoms with Gasteiger partial charge in [-0.2, -0.15) is 11.8 Å². The quantitative estimate of drug-likeness (QED) is 0.403. The molecule has 0 aromatic carbocycles. The maximum absolute atomic E-state index is 11.5. The highest BCUT2D eigenvalue weighted by atomic mass is 32.2. The van der Waals surface area contributed by atoms with E-state index in [0.29, 0.717) is 13.0 Å². The molecule has 0 aromatic heterocycles. The molecule has 0 bridgehead atoms. The largest absolute Gasteiger partial charge is 0.479 e. The lowest BCUT2D eigenvalue weighted by Crippen LogP contribution is -2.48. The topological polar surface area (TPSA) is 108 Å². The van der Waals surface area contributed by atoms with Gasteiger partial charge in [0.2, 0.25) is 0 Å². The van der Waals surface area contributed by atoms with E-state index in [2.05, 4.69) is 19.9 Å². The van der Waals surface area contributed by atoms with Crippen molar-refractivity contribution < 1.29 is 24.5 Å². The van der Waals surface area contributed by atoms with Gasteiger partial charge in [0.15, 0.2) is 5.34 Å². The standard InChI is InChI=1S/C15H25N2O5PS/c18-13(19)15(21,23)8(10-3-1-2-6-22-10)4-5-11-12-9(7-24-11)16-14(20)17-12/h8-12,21H,1-7,23H2,(H,18,19)(H2,16,17,20)/t8?,9-,10?,11-,12-,15?/m0/s1. The number of carboxylic acid groups (broad SMARTS) is 1. The molecule has 0 spiro atoms. The zero-order valence-electron chi connectivity index (χ0n) is 13.4. The molecule has 24 heavy (non-hydrogen) atoms. The molecule has 2 amide bonds. The van der Waals surface area contributed by atoms with Gasteiger partial charge in [0.05, 0.1) is 18.2 Å². The summed E-state index contributed by atoms with van der Waals surface area (Å²) in [7, 11) is 2.10. The van der Waals surface area contributed by atoms with E-state index in [-0.39, 0.29) is 29.5 Å². The third-order valence-corrected chi connectivity index (χ3v) is 7.46. The van der Waals surface area contributed by atoms with Gasteiger partial charge in [-0.05, 0) is 32.1 Å². The van der Waals surface area contributed by atoms with E-state index in [1.54, 1.807) is 11.8 Å². The fraction of sp³-hybridized carbons (Fsp3) is 0.867. The molecule has 3 saturated heterocycles. The molecule has 0 saturated carbocycles. The fourth-order valence-corrected chi connectivity index (χ4v) is 5.81. The summed E-state index contributed by atoms with van der Waals surface area (Å²) in [5.41, 5.74) is 0. The Bertz CT molecular complexity index is 500. The molecule has 0 aromatic rings. The molecule has 7 atom stereocenters. The Morgan fingerprint density at radius 1 is 1.46 bits per heavy atom. The van der Waals surface area contributed by atoms with Crippen molar-refractivity contribution in [1.82, 2.24) is 10.6 Å². The van der Waals surface area contributed by atoms with Crippen molar-refractivity contribution in [2.24, 2.45) is 5.92 Å². The Balaban J connectivity index is 1.65. The first-order valence-electron chi connectivity index (χ1n) is 8.44. The van der Waals surface area contributed by atoms with Crippen LogP contribution in [0.2, 0.25) is 0 Å². The van der Waals surface area contributed by atoms with Gasteiger partial charge in [-0.25, -0.2) is 9.59 Å². The van der Waals surface area contributed by atoms with Crippen molar-refractivity contribution in [2.75, 3.05) is 12.4 Å². The molecule has 3 aliphatic rings. The maximum atomic E-state index is 11.5. The molecule has 136 valence electrons. The summed E-state index contributed by atoms with van der Waals surface area (Å²) in [6, 6.07) is 0.0969. The van der Waals surface area contributed by atoms with E-state index in [9.17, 15) is 19.8 Å². The smallest absolute Gasteiger partial charge is 0.339 e. The summed E-state index contributed by atoms with van der Waals surface area (Å²) in [5, 5.41) is 24.1. The van der Waals surface area contributed by atoms with Crippen molar-refractivity contribution in [1.29, 1.82) is 0 Å². The van der Waals surface area contributed by atoms with Gasteiger partial charge in [-0.1, -0.05) is 9.24 Å². The van der Waals surface area contributed by atoms with Crippen LogP contribution in [-0.4, -0.2) is 63.4 Å². The summed E-state index contributed by atoms with van der Waals surface area (Å²) < 4.78 is 5.77. The van der Waals surface area contributed by atoms with Crippen molar-refractivity contribution in [3.63, 3.8) is 0 Å². The average molecular weight is 376 g/mol. The van der Waals surface area contributed by atoms with Gasteiger partial charge in [0, 0.05) is 23.5 Å².